The standard InChI is InChI=1S/C11H6BrClN4O/c12-9-8-5-14-16-11(18)17(8)10(15-9)6-2-1-3-7(13)4-6/h1-5H,(H,16,18). The van der Waals surface area contributed by atoms with Crippen molar-refractivity contribution in [2.45, 2.75) is 0 Å². The Morgan fingerprint density at radius 3 is 2.94 bits per heavy atom. The minimum absolute atomic E-state index is 0.222. The first-order valence-electron chi connectivity index (χ1n) is 5.01. The molecule has 0 atom stereocenters. The van der Waals surface area contributed by atoms with Crippen molar-refractivity contribution in [3.05, 3.63) is 40.1 Å². The van der Waals surface area contributed by atoms with Crippen LogP contribution in [-0.2, 0) is 0 Å². The highest BCUT2D eigenvalue weighted by molar-refractivity contribution is 9.10. The average molecular weight is 326 g/mol. The molecule has 7 heteroatoms. The van der Waals surface area contributed by atoms with Crippen LogP contribution in [0, 0.1) is 0 Å². The number of hydrogen-bond acceptors (Lipinski definition) is 4. The van der Waals surface area contributed by atoms with Crippen molar-refractivity contribution in [1.29, 1.82) is 0 Å². The van der Waals surface area contributed by atoms with Gasteiger partial charge in [0.25, 0.3) is 0 Å². The zero-order valence-electron chi connectivity index (χ0n) is 8.88. The molecule has 2 aromatic heterocycles. The lowest BCUT2D eigenvalue weighted by Crippen LogP contribution is -1.94. The van der Waals surface area contributed by atoms with Gasteiger partial charge in [0, 0.05) is 10.6 Å². The molecule has 0 bridgehead atoms. The number of aromatic hydroxyl groups is 1. The molecule has 0 aliphatic rings. The zero-order chi connectivity index (χ0) is 12.7. The second-order valence-corrected chi connectivity index (χ2v) is 4.79. The molecule has 0 radical (unpaired) electrons. The summed E-state index contributed by atoms with van der Waals surface area (Å²) in [5, 5.41) is 17.7. The second kappa shape index (κ2) is 4.22. The number of aromatic nitrogens is 4. The molecule has 0 unspecified atom stereocenters. The van der Waals surface area contributed by atoms with Gasteiger partial charge in [0.15, 0.2) is 0 Å². The van der Waals surface area contributed by atoms with Gasteiger partial charge in [-0.3, -0.25) is 0 Å². The number of benzene rings is 1. The smallest absolute Gasteiger partial charge is 0.319 e. The van der Waals surface area contributed by atoms with Crippen LogP contribution in [0.1, 0.15) is 0 Å². The molecule has 0 amide bonds. The summed E-state index contributed by atoms with van der Waals surface area (Å²) in [7, 11) is 0. The van der Waals surface area contributed by atoms with Crippen LogP contribution in [0.2, 0.25) is 5.02 Å². The molecule has 1 aromatic carbocycles. The maximum Gasteiger partial charge on any atom is 0.319 e. The van der Waals surface area contributed by atoms with Gasteiger partial charge in [-0.15, -0.1) is 0 Å². The van der Waals surface area contributed by atoms with Gasteiger partial charge >= 0.3 is 6.01 Å². The summed E-state index contributed by atoms with van der Waals surface area (Å²) in [5.74, 6) is 0.548. The third kappa shape index (κ3) is 1.74. The molecule has 90 valence electrons. The third-order valence-corrected chi connectivity index (χ3v) is 3.30. The molecule has 3 rings (SSSR count). The van der Waals surface area contributed by atoms with Crippen LogP contribution in [0.4, 0.5) is 0 Å². The molecule has 0 fully saturated rings. The SMILES string of the molecule is Oc1nncc2c(Br)nc(-c3cccc(Cl)c3)n12. The van der Waals surface area contributed by atoms with Crippen LogP contribution in [0.25, 0.3) is 16.9 Å². The van der Waals surface area contributed by atoms with Gasteiger partial charge in [-0.25, -0.2) is 9.38 Å². The van der Waals surface area contributed by atoms with Crippen molar-refractivity contribution in [2.24, 2.45) is 0 Å². The summed E-state index contributed by atoms with van der Waals surface area (Å²) < 4.78 is 2.09. The van der Waals surface area contributed by atoms with Crippen LogP contribution in [0.3, 0.4) is 0 Å². The summed E-state index contributed by atoms with van der Waals surface area (Å²) in [6.45, 7) is 0. The largest absolute Gasteiger partial charge is 0.479 e. The Kier molecular flexibility index (Phi) is 2.68. The van der Waals surface area contributed by atoms with Gasteiger partial charge in [0.1, 0.15) is 15.9 Å². The summed E-state index contributed by atoms with van der Waals surface area (Å²) in [6.07, 6.45) is 1.52. The number of hydrogen-bond donors (Lipinski definition) is 1. The highest BCUT2D eigenvalue weighted by Crippen LogP contribution is 2.29. The van der Waals surface area contributed by atoms with E-state index in [9.17, 15) is 5.11 Å². The first kappa shape index (κ1) is 11.4. The van der Waals surface area contributed by atoms with E-state index in [1.165, 1.54) is 10.6 Å². The predicted molar refractivity (Wildman–Crippen MR) is 70.6 cm³/mol. The Balaban J connectivity index is 2.36. The van der Waals surface area contributed by atoms with Crippen molar-refractivity contribution in [1.82, 2.24) is 19.6 Å². The lowest BCUT2D eigenvalue weighted by Gasteiger charge is -2.02. The molecule has 0 spiro atoms. The Morgan fingerprint density at radius 2 is 2.17 bits per heavy atom. The Bertz CT molecular complexity index is 743. The minimum Gasteiger partial charge on any atom is -0.479 e. The molecular formula is C11H6BrClN4O. The molecule has 0 aliphatic heterocycles. The molecule has 5 nitrogen and oxygen atoms in total. The monoisotopic (exact) mass is 324 g/mol. The van der Waals surface area contributed by atoms with Crippen molar-refractivity contribution < 1.29 is 5.11 Å². The van der Waals surface area contributed by atoms with E-state index in [4.69, 9.17) is 11.6 Å². The number of imidazole rings is 1. The number of fused-ring (bicyclic) bond motifs is 1. The van der Waals surface area contributed by atoms with E-state index >= 15 is 0 Å². The number of halogens is 2. The highest BCUT2D eigenvalue weighted by atomic mass is 79.9. The molecular weight excluding hydrogens is 320 g/mol. The van der Waals surface area contributed by atoms with Crippen LogP contribution < -0.4 is 0 Å². The fraction of sp³-hybridized carbons (Fsp3) is 0. The third-order valence-electron chi connectivity index (χ3n) is 2.48. The van der Waals surface area contributed by atoms with Crippen LogP contribution in [0.5, 0.6) is 6.01 Å². The van der Waals surface area contributed by atoms with Crippen molar-refractivity contribution in [3.63, 3.8) is 0 Å². The van der Waals surface area contributed by atoms with Gasteiger partial charge in [-0.1, -0.05) is 28.8 Å². The fourth-order valence-corrected chi connectivity index (χ4v) is 2.36. The topological polar surface area (TPSA) is 63.3 Å². The molecule has 3 aromatic rings. The fourth-order valence-electron chi connectivity index (χ4n) is 1.72. The Hall–Kier alpha value is -1.66. The molecule has 0 saturated heterocycles. The molecule has 0 saturated carbocycles. The van der Waals surface area contributed by atoms with E-state index in [1.807, 2.05) is 12.1 Å². The molecule has 2 heterocycles. The van der Waals surface area contributed by atoms with Crippen molar-refractivity contribution in [2.75, 3.05) is 0 Å². The normalized spacial score (nSPS) is 11.0. The van der Waals surface area contributed by atoms with Crippen LogP contribution in [0.15, 0.2) is 35.1 Å². The lowest BCUT2D eigenvalue weighted by atomic mass is 10.2. The van der Waals surface area contributed by atoms with Crippen molar-refractivity contribution >= 4 is 33.0 Å². The Labute approximate surface area is 115 Å². The van der Waals surface area contributed by atoms with Gasteiger partial charge in [0.05, 0.1) is 6.20 Å². The molecule has 0 aliphatic carbocycles. The highest BCUT2D eigenvalue weighted by Gasteiger charge is 2.15. The van der Waals surface area contributed by atoms with E-state index in [0.717, 1.165) is 5.56 Å². The van der Waals surface area contributed by atoms with Crippen molar-refractivity contribution in [3.8, 4) is 17.4 Å². The summed E-state index contributed by atoms with van der Waals surface area (Å²) in [4.78, 5) is 4.34. The quantitative estimate of drug-likeness (QED) is 0.747. The summed E-state index contributed by atoms with van der Waals surface area (Å²) >= 11 is 9.28. The van der Waals surface area contributed by atoms with Gasteiger partial charge in [-0.2, -0.15) is 5.10 Å². The summed E-state index contributed by atoms with van der Waals surface area (Å²) in [6, 6.07) is 6.99. The maximum absolute atomic E-state index is 9.79. The summed E-state index contributed by atoms with van der Waals surface area (Å²) in [5.41, 5.74) is 1.42. The van der Waals surface area contributed by atoms with Gasteiger partial charge in [0.2, 0.25) is 0 Å². The average Bonchev–Trinajstić information content (AvgIpc) is 2.69. The van der Waals surface area contributed by atoms with E-state index in [-0.39, 0.29) is 6.01 Å². The lowest BCUT2D eigenvalue weighted by molar-refractivity contribution is 0.415. The first-order valence-corrected chi connectivity index (χ1v) is 6.18. The zero-order valence-corrected chi connectivity index (χ0v) is 11.2. The van der Waals surface area contributed by atoms with Crippen LogP contribution >= 0.6 is 27.5 Å². The molecule has 18 heavy (non-hydrogen) atoms. The van der Waals surface area contributed by atoms with Crippen LogP contribution in [-0.4, -0.2) is 24.7 Å². The minimum atomic E-state index is -0.222. The Morgan fingerprint density at radius 1 is 1.33 bits per heavy atom. The number of nitrogens with zero attached hydrogens (tertiary/aromatic N) is 4. The van der Waals surface area contributed by atoms with E-state index in [0.29, 0.717) is 21.0 Å². The second-order valence-electron chi connectivity index (χ2n) is 3.60. The molecule has 1 N–H and O–H groups in total. The maximum atomic E-state index is 9.79. The van der Waals surface area contributed by atoms with E-state index < -0.39 is 0 Å². The number of rotatable bonds is 1. The predicted octanol–water partition coefficient (Wildman–Crippen LogP) is 2.91. The van der Waals surface area contributed by atoms with Gasteiger partial charge in [-0.05, 0) is 28.1 Å². The van der Waals surface area contributed by atoms with Gasteiger partial charge < -0.3 is 5.11 Å². The first-order chi connectivity index (χ1) is 8.66. The van der Waals surface area contributed by atoms with E-state index in [2.05, 4.69) is 31.1 Å². The van der Waals surface area contributed by atoms with E-state index in [1.54, 1.807) is 12.1 Å².